The number of halogens is 1. The molecule has 1 heterocycles. The lowest BCUT2D eigenvalue weighted by Gasteiger charge is -2.06. The van der Waals surface area contributed by atoms with Crippen molar-refractivity contribution in [3.63, 3.8) is 0 Å². The quantitative estimate of drug-likeness (QED) is 0.691. The van der Waals surface area contributed by atoms with Gasteiger partial charge in [0.05, 0.1) is 10.7 Å². The minimum absolute atomic E-state index is 0. The maximum atomic E-state index is 11.9. The molecule has 3 N–H and O–H groups in total. The summed E-state index contributed by atoms with van der Waals surface area (Å²) in [5.74, 6) is 0.0688. The number of anilines is 1. The van der Waals surface area contributed by atoms with Crippen LogP contribution in [0.1, 0.15) is 37.1 Å². The number of amides is 1. The third-order valence-electron chi connectivity index (χ3n) is 3.42. The van der Waals surface area contributed by atoms with E-state index in [2.05, 4.69) is 10.3 Å². The molecule has 0 radical (unpaired) electrons. The van der Waals surface area contributed by atoms with E-state index in [0.29, 0.717) is 6.42 Å². The lowest BCUT2D eigenvalue weighted by atomic mass is 10.1. The molecule has 2 rings (SSSR count). The summed E-state index contributed by atoms with van der Waals surface area (Å²) in [7, 11) is 0. The number of hydrogen-bond donors (Lipinski definition) is 2. The van der Waals surface area contributed by atoms with Crippen molar-refractivity contribution in [2.24, 2.45) is 5.73 Å². The first-order valence-electron chi connectivity index (χ1n) is 7.71. The van der Waals surface area contributed by atoms with Gasteiger partial charge in [0.2, 0.25) is 5.91 Å². The van der Waals surface area contributed by atoms with Gasteiger partial charge in [0.25, 0.3) is 0 Å². The van der Waals surface area contributed by atoms with E-state index in [0.717, 1.165) is 54.2 Å². The average molecular weight is 354 g/mol. The van der Waals surface area contributed by atoms with Gasteiger partial charge in [-0.05, 0) is 38.4 Å². The van der Waals surface area contributed by atoms with E-state index in [1.54, 1.807) is 11.3 Å². The van der Waals surface area contributed by atoms with Crippen molar-refractivity contribution < 1.29 is 4.79 Å². The molecule has 0 atom stereocenters. The highest BCUT2D eigenvalue weighted by Gasteiger charge is 2.06. The Morgan fingerprint density at radius 2 is 2.04 bits per heavy atom. The van der Waals surface area contributed by atoms with Crippen LogP contribution >= 0.6 is 23.7 Å². The van der Waals surface area contributed by atoms with Crippen molar-refractivity contribution in [3.05, 3.63) is 34.7 Å². The Bertz CT molecular complexity index is 615. The standard InChI is InChI=1S/C17H23N3OS.ClH/c1-13-19-16(12-22-13)14-7-6-8-15(11-14)20-17(21)9-4-2-3-5-10-18;/h6-8,11-12H,2-5,9-10,18H2,1H3,(H,20,21);1H. The van der Waals surface area contributed by atoms with Gasteiger partial charge in [-0.1, -0.05) is 25.0 Å². The zero-order chi connectivity index (χ0) is 15.8. The monoisotopic (exact) mass is 353 g/mol. The van der Waals surface area contributed by atoms with Gasteiger partial charge in [-0.15, -0.1) is 23.7 Å². The Labute approximate surface area is 147 Å². The number of carbonyl (C=O) groups is 1. The molecular weight excluding hydrogens is 330 g/mol. The fourth-order valence-corrected chi connectivity index (χ4v) is 2.88. The largest absolute Gasteiger partial charge is 0.330 e. The summed E-state index contributed by atoms with van der Waals surface area (Å²) in [6.07, 6.45) is 4.67. The predicted octanol–water partition coefficient (Wildman–Crippen LogP) is 4.39. The smallest absolute Gasteiger partial charge is 0.224 e. The van der Waals surface area contributed by atoms with Gasteiger partial charge >= 0.3 is 0 Å². The molecule has 23 heavy (non-hydrogen) atoms. The van der Waals surface area contributed by atoms with E-state index >= 15 is 0 Å². The fourth-order valence-electron chi connectivity index (χ4n) is 2.26. The van der Waals surface area contributed by atoms with Gasteiger partial charge in [0, 0.05) is 23.1 Å². The van der Waals surface area contributed by atoms with Crippen molar-refractivity contribution >= 4 is 35.3 Å². The summed E-state index contributed by atoms with van der Waals surface area (Å²) < 4.78 is 0. The third-order valence-corrected chi connectivity index (χ3v) is 4.19. The highest BCUT2D eigenvalue weighted by Crippen LogP contribution is 2.24. The van der Waals surface area contributed by atoms with Crippen molar-refractivity contribution in [2.75, 3.05) is 11.9 Å². The molecule has 0 saturated heterocycles. The first kappa shape index (κ1) is 19.6. The minimum atomic E-state index is 0. The number of hydrogen-bond acceptors (Lipinski definition) is 4. The first-order chi connectivity index (χ1) is 10.7. The van der Waals surface area contributed by atoms with E-state index < -0.39 is 0 Å². The number of rotatable bonds is 8. The second-order valence-electron chi connectivity index (χ2n) is 5.33. The molecule has 0 aliphatic rings. The number of aromatic nitrogens is 1. The number of aryl methyl sites for hydroxylation is 1. The van der Waals surface area contributed by atoms with Crippen LogP contribution in [0.3, 0.4) is 0 Å². The molecule has 1 aromatic carbocycles. The van der Waals surface area contributed by atoms with Crippen LogP contribution in [0, 0.1) is 6.92 Å². The van der Waals surface area contributed by atoms with Gasteiger partial charge in [-0.3, -0.25) is 4.79 Å². The number of unbranched alkanes of at least 4 members (excludes halogenated alkanes) is 3. The maximum absolute atomic E-state index is 11.9. The van der Waals surface area contributed by atoms with Gasteiger partial charge in [-0.2, -0.15) is 0 Å². The second-order valence-corrected chi connectivity index (χ2v) is 6.40. The summed E-state index contributed by atoms with van der Waals surface area (Å²) in [6, 6.07) is 7.84. The molecule has 6 heteroatoms. The Balaban J connectivity index is 0.00000264. The molecule has 0 aliphatic heterocycles. The Hall–Kier alpha value is -1.43. The van der Waals surface area contributed by atoms with Crippen LogP contribution in [0.4, 0.5) is 5.69 Å². The van der Waals surface area contributed by atoms with E-state index in [1.807, 2.05) is 36.6 Å². The molecule has 4 nitrogen and oxygen atoms in total. The average Bonchev–Trinajstić information content (AvgIpc) is 2.94. The maximum Gasteiger partial charge on any atom is 0.224 e. The van der Waals surface area contributed by atoms with E-state index in [-0.39, 0.29) is 18.3 Å². The fraction of sp³-hybridized carbons (Fsp3) is 0.412. The van der Waals surface area contributed by atoms with E-state index in [9.17, 15) is 4.79 Å². The molecular formula is C17H24ClN3OS. The van der Waals surface area contributed by atoms with Gasteiger partial charge in [0.15, 0.2) is 0 Å². The van der Waals surface area contributed by atoms with Crippen LogP contribution < -0.4 is 11.1 Å². The van der Waals surface area contributed by atoms with Gasteiger partial charge < -0.3 is 11.1 Å². The van der Waals surface area contributed by atoms with E-state index in [1.165, 1.54) is 0 Å². The molecule has 1 aromatic heterocycles. The molecule has 0 aliphatic carbocycles. The first-order valence-corrected chi connectivity index (χ1v) is 8.59. The van der Waals surface area contributed by atoms with Crippen LogP contribution in [0.5, 0.6) is 0 Å². The lowest BCUT2D eigenvalue weighted by Crippen LogP contribution is -2.11. The number of benzene rings is 1. The van der Waals surface area contributed by atoms with Crippen LogP contribution in [-0.2, 0) is 4.79 Å². The molecule has 126 valence electrons. The molecule has 0 saturated carbocycles. The summed E-state index contributed by atoms with van der Waals surface area (Å²) in [6.45, 7) is 2.72. The molecule has 0 unspecified atom stereocenters. The summed E-state index contributed by atoms with van der Waals surface area (Å²) in [5, 5.41) is 6.04. The van der Waals surface area contributed by atoms with Crippen LogP contribution in [0.2, 0.25) is 0 Å². The molecule has 0 fully saturated rings. The Morgan fingerprint density at radius 1 is 1.26 bits per heavy atom. The summed E-state index contributed by atoms with van der Waals surface area (Å²) in [4.78, 5) is 16.4. The topological polar surface area (TPSA) is 68.0 Å². The van der Waals surface area contributed by atoms with Crippen LogP contribution in [0.15, 0.2) is 29.6 Å². The minimum Gasteiger partial charge on any atom is -0.330 e. The Morgan fingerprint density at radius 3 is 2.74 bits per heavy atom. The zero-order valence-corrected chi connectivity index (χ0v) is 15.0. The summed E-state index contributed by atoms with van der Waals surface area (Å²) in [5.41, 5.74) is 8.27. The Kier molecular flexibility index (Phi) is 8.84. The number of thiazole rings is 1. The number of nitrogens with zero attached hydrogens (tertiary/aromatic N) is 1. The second kappa shape index (κ2) is 10.4. The van der Waals surface area contributed by atoms with Crippen LogP contribution in [0.25, 0.3) is 11.3 Å². The molecule has 0 spiro atoms. The molecule has 2 aromatic rings. The van der Waals surface area contributed by atoms with E-state index in [4.69, 9.17) is 5.73 Å². The predicted molar refractivity (Wildman–Crippen MR) is 100 cm³/mol. The SMILES string of the molecule is Cc1nc(-c2cccc(NC(=O)CCCCCCN)c2)cs1.Cl. The lowest BCUT2D eigenvalue weighted by molar-refractivity contribution is -0.116. The highest BCUT2D eigenvalue weighted by molar-refractivity contribution is 7.09. The highest BCUT2D eigenvalue weighted by atomic mass is 35.5. The molecule has 0 bridgehead atoms. The van der Waals surface area contributed by atoms with Gasteiger partial charge in [0.1, 0.15) is 0 Å². The van der Waals surface area contributed by atoms with Crippen LogP contribution in [-0.4, -0.2) is 17.4 Å². The third kappa shape index (κ3) is 6.69. The normalized spacial score (nSPS) is 10.2. The number of carbonyl (C=O) groups excluding carboxylic acids is 1. The summed E-state index contributed by atoms with van der Waals surface area (Å²) >= 11 is 1.63. The van der Waals surface area contributed by atoms with Crippen molar-refractivity contribution in [1.82, 2.24) is 4.98 Å². The van der Waals surface area contributed by atoms with Crippen molar-refractivity contribution in [2.45, 2.75) is 39.0 Å². The molecule has 1 amide bonds. The zero-order valence-electron chi connectivity index (χ0n) is 13.4. The number of nitrogens with one attached hydrogen (secondary N) is 1. The van der Waals surface area contributed by atoms with Gasteiger partial charge in [-0.25, -0.2) is 4.98 Å². The number of nitrogens with two attached hydrogens (primary N) is 1. The van der Waals surface area contributed by atoms with Crippen molar-refractivity contribution in [1.29, 1.82) is 0 Å². The van der Waals surface area contributed by atoms with Crippen molar-refractivity contribution in [3.8, 4) is 11.3 Å².